The number of benzene rings is 2. The van der Waals surface area contributed by atoms with Gasteiger partial charge in [-0.25, -0.2) is 13.2 Å². The smallest absolute Gasteiger partial charge is 0.396 e. The van der Waals surface area contributed by atoms with Crippen LogP contribution >= 0.6 is 0 Å². The maximum Gasteiger partial charge on any atom is 0.396 e. The third-order valence-corrected chi connectivity index (χ3v) is 9.88. The number of carbonyl (C=O) groups excluding carboxylic acids is 1. The number of esters is 1. The number of rotatable bonds is 9. The molecule has 3 aliphatic carbocycles. The van der Waals surface area contributed by atoms with Crippen molar-refractivity contribution < 1.29 is 54.3 Å². The van der Waals surface area contributed by atoms with E-state index in [1.54, 1.807) is 54.6 Å². The highest BCUT2D eigenvalue weighted by Gasteiger charge is 2.73. The highest BCUT2D eigenvalue weighted by Crippen LogP contribution is 2.63. The van der Waals surface area contributed by atoms with Crippen LogP contribution in [0.1, 0.15) is 49.7 Å². The fraction of sp³-hybridized carbons (Fsp3) is 0.552. The molecule has 0 aromatic heterocycles. The third-order valence-electron chi connectivity index (χ3n) is 8.98. The van der Waals surface area contributed by atoms with Gasteiger partial charge < -0.3 is 23.5 Å². The van der Waals surface area contributed by atoms with Crippen molar-refractivity contribution in [1.82, 2.24) is 0 Å². The molecule has 1 aliphatic heterocycles. The highest BCUT2D eigenvalue weighted by atomic mass is 32.2. The molecule has 0 amide bonds. The summed E-state index contributed by atoms with van der Waals surface area (Å²) < 4.78 is 115. The second kappa shape index (κ2) is 10.5. The third kappa shape index (κ3) is 4.78. The zero-order valence-corrected chi connectivity index (χ0v) is 23.1. The Kier molecular flexibility index (Phi) is 7.31. The van der Waals surface area contributed by atoms with Gasteiger partial charge in [-0.15, -0.1) is 0 Å². The van der Waals surface area contributed by atoms with Gasteiger partial charge in [0.05, 0.1) is 12.2 Å². The van der Waals surface area contributed by atoms with Crippen molar-refractivity contribution in [1.29, 1.82) is 0 Å². The fourth-order valence-corrected chi connectivity index (χ4v) is 7.50. The number of halogens is 4. The average Bonchev–Trinajstić information content (AvgIpc) is 3.75. The number of hydrogen-bond acceptors (Lipinski definition) is 8. The van der Waals surface area contributed by atoms with Crippen molar-refractivity contribution in [2.24, 2.45) is 17.8 Å². The summed E-state index contributed by atoms with van der Waals surface area (Å²) in [7, 11) is -6.61. The van der Waals surface area contributed by atoms with Crippen LogP contribution in [0.25, 0.3) is 0 Å². The molecule has 0 spiro atoms. The summed E-state index contributed by atoms with van der Waals surface area (Å²) in [6, 6.07) is 15.1. The van der Waals surface area contributed by atoms with Gasteiger partial charge in [-0.1, -0.05) is 30.3 Å². The van der Waals surface area contributed by atoms with Crippen molar-refractivity contribution >= 4 is 16.1 Å². The Labute approximate surface area is 240 Å². The van der Waals surface area contributed by atoms with Crippen molar-refractivity contribution in [3.63, 3.8) is 0 Å². The van der Waals surface area contributed by atoms with Crippen molar-refractivity contribution in [2.45, 2.75) is 73.8 Å². The molecule has 0 N–H and O–H groups in total. The minimum absolute atomic E-state index is 0.0686. The van der Waals surface area contributed by atoms with Gasteiger partial charge in [-0.2, -0.15) is 17.6 Å². The minimum atomic E-state index is -6.61. The summed E-state index contributed by atoms with van der Waals surface area (Å²) in [4.78, 5) is 12.1. The lowest BCUT2D eigenvalue weighted by atomic mass is 9.81. The molecule has 13 heteroatoms. The van der Waals surface area contributed by atoms with E-state index in [1.165, 1.54) is 0 Å². The SMILES string of the molecule is O=C(COc1ccc(C2(c3ccccc3)OC3C4CC(C3O2)C(C(F)(F)C(F)(F)S(=O)(=O)[O-])C4)cc1)OC1CCCC1. The Morgan fingerprint density at radius 3 is 2.19 bits per heavy atom. The number of alkyl halides is 4. The van der Waals surface area contributed by atoms with E-state index in [0.29, 0.717) is 16.9 Å². The van der Waals surface area contributed by atoms with Gasteiger partial charge in [0.1, 0.15) is 11.9 Å². The summed E-state index contributed by atoms with van der Waals surface area (Å²) in [6.07, 6.45) is 1.49. The largest absolute Gasteiger partial charge is 0.743 e. The first-order valence-electron chi connectivity index (χ1n) is 13.9. The molecule has 1 saturated heterocycles. The highest BCUT2D eigenvalue weighted by molar-refractivity contribution is 7.86. The van der Waals surface area contributed by atoms with Gasteiger partial charge >= 0.3 is 17.1 Å². The number of carbonyl (C=O) groups is 1. The van der Waals surface area contributed by atoms with Crippen LogP contribution in [0.2, 0.25) is 0 Å². The molecule has 0 radical (unpaired) electrons. The van der Waals surface area contributed by atoms with Crippen molar-refractivity contribution in [3.8, 4) is 5.75 Å². The molecule has 3 saturated carbocycles. The van der Waals surface area contributed by atoms with Crippen LogP contribution in [-0.2, 0) is 34.9 Å². The zero-order valence-electron chi connectivity index (χ0n) is 22.3. The van der Waals surface area contributed by atoms with Crippen LogP contribution < -0.4 is 4.74 Å². The van der Waals surface area contributed by atoms with Crippen LogP contribution in [0, 0.1) is 17.8 Å². The summed E-state index contributed by atoms with van der Waals surface area (Å²) in [6.45, 7) is -0.278. The predicted octanol–water partition coefficient (Wildman–Crippen LogP) is 4.97. The molecule has 6 rings (SSSR count). The molecule has 228 valence electrons. The van der Waals surface area contributed by atoms with Crippen LogP contribution in [0.3, 0.4) is 0 Å². The first-order chi connectivity index (χ1) is 19.8. The Morgan fingerprint density at radius 1 is 0.929 bits per heavy atom. The van der Waals surface area contributed by atoms with E-state index < -0.39 is 69.4 Å². The first kappa shape index (κ1) is 29.3. The Bertz CT molecular complexity index is 1410. The van der Waals surface area contributed by atoms with E-state index >= 15 is 0 Å². The second-order valence-electron chi connectivity index (χ2n) is 11.5. The van der Waals surface area contributed by atoms with E-state index in [9.17, 15) is 35.3 Å². The van der Waals surface area contributed by atoms with Gasteiger partial charge in [0.15, 0.2) is 16.7 Å². The van der Waals surface area contributed by atoms with Crippen LogP contribution in [-0.4, -0.2) is 55.0 Å². The molecular weight excluding hydrogens is 584 g/mol. The lowest BCUT2D eigenvalue weighted by Crippen LogP contribution is -2.55. The van der Waals surface area contributed by atoms with Crippen LogP contribution in [0.5, 0.6) is 5.75 Å². The summed E-state index contributed by atoms with van der Waals surface area (Å²) >= 11 is 0. The summed E-state index contributed by atoms with van der Waals surface area (Å²) in [5, 5.41) is -5.76. The number of ether oxygens (including phenoxy) is 4. The van der Waals surface area contributed by atoms with Gasteiger partial charge in [0.25, 0.3) is 0 Å². The maximum absolute atomic E-state index is 15.0. The molecule has 4 fully saturated rings. The number of fused-ring (bicyclic) bond motifs is 5. The molecule has 2 aromatic carbocycles. The lowest BCUT2D eigenvalue weighted by Gasteiger charge is -2.38. The molecule has 42 heavy (non-hydrogen) atoms. The standard InChI is InChI=1S/C29H30F4O8S/c30-28(31,29(32,33)42(35,36)37)23-15-17-14-22(23)26-25(17)40-27(41-26,18-6-2-1-3-7-18)19-10-12-20(13-11-19)38-16-24(34)39-21-8-4-5-9-21/h1-3,6-7,10-13,17,21-23,25-26H,4-5,8-9,14-16H2,(H,35,36,37)/p-1. The van der Waals surface area contributed by atoms with Gasteiger partial charge in [-0.3, -0.25) is 0 Å². The molecule has 6 atom stereocenters. The Balaban J connectivity index is 1.23. The molecule has 2 bridgehead atoms. The normalized spacial score (nSPS) is 31.3. The molecule has 1 heterocycles. The quantitative estimate of drug-likeness (QED) is 0.222. The van der Waals surface area contributed by atoms with Gasteiger partial charge in [-0.05, 0) is 74.6 Å². The Hall–Kier alpha value is -2.74. The number of hydrogen-bond donors (Lipinski definition) is 0. The minimum Gasteiger partial charge on any atom is -0.743 e. The molecule has 4 aliphatic rings. The molecular formula is C29H29F4O8S-. The lowest BCUT2D eigenvalue weighted by molar-refractivity contribution is -0.213. The second-order valence-corrected chi connectivity index (χ2v) is 12.9. The first-order valence-corrected chi connectivity index (χ1v) is 15.3. The maximum atomic E-state index is 15.0. The summed E-state index contributed by atoms with van der Waals surface area (Å²) in [5.74, 6) is -10.6. The van der Waals surface area contributed by atoms with E-state index in [0.717, 1.165) is 25.7 Å². The topological polar surface area (TPSA) is 111 Å². The van der Waals surface area contributed by atoms with Crippen molar-refractivity contribution in [2.75, 3.05) is 6.61 Å². The zero-order chi connectivity index (χ0) is 29.9. The van der Waals surface area contributed by atoms with Gasteiger partial charge in [0, 0.05) is 17.0 Å². The van der Waals surface area contributed by atoms with Crippen molar-refractivity contribution in [3.05, 3.63) is 65.7 Å². The molecule has 8 nitrogen and oxygen atoms in total. The molecule has 6 unspecified atom stereocenters. The predicted molar refractivity (Wildman–Crippen MR) is 137 cm³/mol. The van der Waals surface area contributed by atoms with E-state index in [-0.39, 0.29) is 19.1 Å². The van der Waals surface area contributed by atoms with Gasteiger partial charge in [0.2, 0.25) is 5.79 Å². The van der Waals surface area contributed by atoms with E-state index in [1.807, 2.05) is 0 Å². The molecule has 2 aromatic rings. The monoisotopic (exact) mass is 613 g/mol. The van der Waals surface area contributed by atoms with Crippen LogP contribution in [0.4, 0.5) is 17.6 Å². The average molecular weight is 614 g/mol. The van der Waals surface area contributed by atoms with E-state index in [2.05, 4.69) is 0 Å². The Morgan fingerprint density at radius 2 is 1.55 bits per heavy atom. The van der Waals surface area contributed by atoms with E-state index in [4.69, 9.17) is 18.9 Å². The fourth-order valence-electron chi connectivity index (χ4n) is 7.02. The van der Waals surface area contributed by atoms with Crippen LogP contribution in [0.15, 0.2) is 54.6 Å². The summed E-state index contributed by atoms with van der Waals surface area (Å²) in [5.41, 5.74) is 1.00.